The predicted molar refractivity (Wildman–Crippen MR) is 94.0 cm³/mol. The van der Waals surface area contributed by atoms with Crippen molar-refractivity contribution in [3.63, 3.8) is 0 Å². The Morgan fingerprint density at radius 2 is 1.74 bits per heavy atom. The van der Waals surface area contributed by atoms with Crippen molar-refractivity contribution in [2.75, 3.05) is 0 Å². The first-order chi connectivity index (χ1) is 11.2. The van der Waals surface area contributed by atoms with Crippen molar-refractivity contribution in [1.29, 1.82) is 0 Å². The molecule has 0 bridgehead atoms. The van der Waals surface area contributed by atoms with E-state index in [-0.39, 0.29) is 5.75 Å². The number of pyridine rings is 1. The fourth-order valence-corrected chi connectivity index (χ4v) is 3.29. The Kier molecular flexibility index (Phi) is 3.08. The summed E-state index contributed by atoms with van der Waals surface area (Å²) >= 11 is 0. The second-order valence-corrected chi connectivity index (χ2v) is 5.65. The van der Waals surface area contributed by atoms with Gasteiger partial charge in [-0.25, -0.2) is 0 Å². The number of aryl methyl sites for hydroxylation is 1. The summed E-state index contributed by atoms with van der Waals surface area (Å²) < 4.78 is 2.17. The molecule has 0 aliphatic rings. The molecule has 0 saturated heterocycles. The minimum atomic E-state index is 0.242. The summed E-state index contributed by atoms with van der Waals surface area (Å²) in [5.74, 6) is 0.242. The molecule has 2 aromatic carbocycles. The van der Waals surface area contributed by atoms with E-state index >= 15 is 0 Å². The van der Waals surface area contributed by atoms with E-state index < -0.39 is 0 Å². The topological polar surface area (TPSA) is 38.1 Å². The van der Waals surface area contributed by atoms with Crippen LogP contribution in [0.3, 0.4) is 0 Å². The third-order valence-corrected chi connectivity index (χ3v) is 4.28. The summed E-state index contributed by atoms with van der Waals surface area (Å²) in [6, 6.07) is 18.3. The smallest absolute Gasteiger partial charge is 0.147 e. The minimum absolute atomic E-state index is 0.242. The monoisotopic (exact) mass is 301 g/mol. The van der Waals surface area contributed by atoms with E-state index in [2.05, 4.69) is 34.7 Å². The van der Waals surface area contributed by atoms with Gasteiger partial charge in [0.1, 0.15) is 5.75 Å². The largest absolute Gasteiger partial charge is 0.505 e. The average molecular weight is 301 g/mol. The van der Waals surface area contributed by atoms with Crippen LogP contribution in [0.1, 0.15) is 11.4 Å². The molecule has 0 aliphatic heterocycles. The Hall–Kier alpha value is -2.81. The highest BCUT2D eigenvalue weighted by Crippen LogP contribution is 2.39. The van der Waals surface area contributed by atoms with E-state index in [1.807, 2.05) is 43.3 Å². The molecule has 0 amide bonds. The third kappa shape index (κ3) is 1.93. The van der Waals surface area contributed by atoms with Gasteiger partial charge in [0, 0.05) is 11.1 Å². The fourth-order valence-electron chi connectivity index (χ4n) is 3.29. The molecule has 4 aromatic rings. The molecule has 0 spiro atoms. The van der Waals surface area contributed by atoms with Gasteiger partial charge in [-0.1, -0.05) is 36.4 Å². The molecule has 113 valence electrons. The van der Waals surface area contributed by atoms with E-state index in [0.717, 1.165) is 33.2 Å². The molecule has 0 aliphatic carbocycles. The number of rotatable bonds is 2. The molecule has 1 N–H and O–H groups in total. The Bertz CT molecular complexity index is 1020. The summed E-state index contributed by atoms with van der Waals surface area (Å²) in [4.78, 5) is 4.57. The Morgan fingerprint density at radius 3 is 2.48 bits per heavy atom. The maximum Gasteiger partial charge on any atom is 0.147 e. The molecule has 0 fully saturated rings. The standard InChI is InChI=1S/C20H17N2O/c1-3-16-20(23)18-15-11-7-8-12-17(15)22(19(18)13(2)21-16)14-9-5-4-6-10-14/h4-12,23H,1,3H2,2H3. The van der Waals surface area contributed by atoms with Crippen LogP contribution in [0.5, 0.6) is 5.75 Å². The summed E-state index contributed by atoms with van der Waals surface area (Å²) in [6.45, 7) is 5.87. The van der Waals surface area contributed by atoms with Crippen molar-refractivity contribution >= 4 is 21.8 Å². The molecule has 3 nitrogen and oxygen atoms in total. The molecular weight excluding hydrogens is 284 g/mol. The van der Waals surface area contributed by atoms with E-state index in [1.165, 1.54) is 0 Å². The van der Waals surface area contributed by atoms with E-state index in [0.29, 0.717) is 12.1 Å². The van der Waals surface area contributed by atoms with Crippen molar-refractivity contribution in [2.24, 2.45) is 0 Å². The van der Waals surface area contributed by atoms with Crippen molar-refractivity contribution in [3.8, 4) is 11.4 Å². The van der Waals surface area contributed by atoms with Crippen LogP contribution in [0, 0.1) is 13.8 Å². The molecule has 1 radical (unpaired) electrons. The van der Waals surface area contributed by atoms with Gasteiger partial charge >= 0.3 is 0 Å². The van der Waals surface area contributed by atoms with Crippen LogP contribution < -0.4 is 0 Å². The van der Waals surface area contributed by atoms with E-state index in [1.54, 1.807) is 0 Å². The van der Waals surface area contributed by atoms with Gasteiger partial charge in [0.05, 0.1) is 27.8 Å². The van der Waals surface area contributed by atoms with Crippen LogP contribution in [0.2, 0.25) is 0 Å². The minimum Gasteiger partial charge on any atom is -0.505 e. The van der Waals surface area contributed by atoms with Gasteiger partial charge in [0.2, 0.25) is 0 Å². The molecule has 2 aromatic heterocycles. The van der Waals surface area contributed by atoms with Crippen molar-refractivity contribution in [1.82, 2.24) is 9.55 Å². The van der Waals surface area contributed by atoms with Gasteiger partial charge in [-0.2, -0.15) is 0 Å². The normalized spacial score (nSPS) is 11.4. The number of benzene rings is 2. The van der Waals surface area contributed by atoms with Crippen LogP contribution in [-0.4, -0.2) is 14.7 Å². The van der Waals surface area contributed by atoms with Crippen molar-refractivity contribution in [3.05, 3.63) is 72.9 Å². The Labute approximate surface area is 134 Å². The van der Waals surface area contributed by atoms with Crippen LogP contribution in [0.25, 0.3) is 27.5 Å². The molecule has 4 rings (SSSR count). The first-order valence-corrected chi connectivity index (χ1v) is 7.68. The zero-order chi connectivity index (χ0) is 16.0. The van der Waals surface area contributed by atoms with Gasteiger partial charge in [-0.05, 0) is 38.5 Å². The number of aromatic nitrogens is 2. The highest BCUT2D eigenvalue weighted by molar-refractivity contribution is 6.13. The summed E-state index contributed by atoms with van der Waals surface area (Å²) in [7, 11) is 0. The molecule has 0 saturated carbocycles. The molecule has 0 unspecified atom stereocenters. The van der Waals surface area contributed by atoms with Gasteiger partial charge in [-0.15, -0.1) is 0 Å². The lowest BCUT2D eigenvalue weighted by Crippen LogP contribution is -1.98. The number of para-hydroxylation sites is 2. The van der Waals surface area contributed by atoms with Gasteiger partial charge in [-0.3, -0.25) is 4.98 Å². The lowest BCUT2D eigenvalue weighted by molar-refractivity contribution is 0.472. The SMILES string of the molecule is [CH2]Cc1nc(C)c2c(c1O)c1ccccc1n2-c1ccccc1. The van der Waals surface area contributed by atoms with Crippen LogP contribution >= 0.6 is 0 Å². The maximum atomic E-state index is 10.7. The number of fused-ring (bicyclic) bond motifs is 3. The van der Waals surface area contributed by atoms with Gasteiger partial charge < -0.3 is 9.67 Å². The van der Waals surface area contributed by atoms with Gasteiger partial charge in [0.15, 0.2) is 0 Å². The zero-order valence-corrected chi connectivity index (χ0v) is 13.0. The number of nitrogens with zero attached hydrogens (tertiary/aromatic N) is 2. The predicted octanol–water partition coefficient (Wildman–Crippen LogP) is 4.57. The number of hydrogen-bond donors (Lipinski definition) is 1. The van der Waals surface area contributed by atoms with Crippen molar-refractivity contribution < 1.29 is 5.11 Å². The van der Waals surface area contributed by atoms with Crippen LogP contribution in [0.4, 0.5) is 0 Å². The first-order valence-electron chi connectivity index (χ1n) is 7.68. The highest BCUT2D eigenvalue weighted by atomic mass is 16.3. The summed E-state index contributed by atoms with van der Waals surface area (Å²) in [5.41, 5.74) is 4.62. The lowest BCUT2D eigenvalue weighted by Gasteiger charge is -2.10. The zero-order valence-electron chi connectivity index (χ0n) is 13.0. The third-order valence-electron chi connectivity index (χ3n) is 4.28. The summed E-state index contributed by atoms with van der Waals surface area (Å²) in [6.07, 6.45) is 0.466. The average Bonchev–Trinajstić information content (AvgIpc) is 2.95. The van der Waals surface area contributed by atoms with Gasteiger partial charge in [0.25, 0.3) is 0 Å². The molecule has 0 atom stereocenters. The lowest BCUT2D eigenvalue weighted by atomic mass is 10.1. The molecule has 3 heteroatoms. The first kappa shape index (κ1) is 13.8. The fraction of sp³-hybridized carbons (Fsp3) is 0.100. The molecule has 23 heavy (non-hydrogen) atoms. The van der Waals surface area contributed by atoms with Crippen LogP contribution in [0.15, 0.2) is 54.6 Å². The van der Waals surface area contributed by atoms with E-state index in [9.17, 15) is 5.11 Å². The maximum absolute atomic E-state index is 10.7. The summed E-state index contributed by atoms with van der Waals surface area (Å²) in [5, 5.41) is 12.6. The quantitative estimate of drug-likeness (QED) is 0.589. The van der Waals surface area contributed by atoms with E-state index in [4.69, 9.17) is 0 Å². The second-order valence-electron chi connectivity index (χ2n) is 5.65. The number of hydrogen-bond acceptors (Lipinski definition) is 2. The van der Waals surface area contributed by atoms with Crippen molar-refractivity contribution in [2.45, 2.75) is 13.3 Å². The Balaban J connectivity index is 2.27. The Morgan fingerprint density at radius 1 is 1.04 bits per heavy atom. The number of aromatic hydroxyl groups is 1. The molecular formula is C20H17N2O. The second kappa shape index (κ2) is 5.13. The molecule has 2 heterocycles. The highest BCUT2D eigenvalue weighted by Gasteiger charge is 2.19. The van der Waals surface area contributed by atoms with Crippen LogP contribution in [-0.2, 0) is 6.42 Å².